The van der Waals surface area contributed by atoms with Crippen LogP contribution in [0.15, 0.2) is 18.3 Å². The number of rotatable bonds is 5. The molecule has 0 atom stereocenters. The van der Waals surface area contributed by atoms with Gasteiger partial charge in [-0.15, -0.1) is 11.3 Å². The van der Waals surface area contributed by atoms with Gasteiger partial charge in [-0.2, -0.15) is 0 Å². The van der Waals surface area contributed by atoms with E-state index in [1.54, 1.807) is 11.3 Å². The molecule has 0 spiro atoms. The molecule has 86 valence electrons. The van der Waals surface area contributed by atoms with E-state index in [-0.39, 0.29) is 0 Å². The third-order valence-corrected chi connectivity index (χ3v) is 3.54. The van der Waals surface area contributed by atoms with E-state index >= 15 is 0 Å². The van der Waals surface area contributed by atoms with Gasteiger partial charge in [0.2, 0.25) is 0 Å². The van der Waals surface area contributed by atoms with E-state index in [0.29, 0.717) is 0 Å². The third-order valence-electron chi connectivity index (χ3n) is 2.50. The fourth-order valence-electron chi connectivity index (χ4n) is 1.63. The molecule has 0 bridgehead atoms. The second kappa shape index (κ2) is 5.27. The van der Waals surface area contributed by atoms with Crippen molar-refractivity contribution < 1.29 is 0 Å². The van der Waals surface area contributed by atoms with Crippen LogP contribution in [0.25, 0.3) is 10.6 Å². The van der Waals surface area contributed by atoms with E-state index in [1.807, 2.05) is 6.20 Å². The molecule has 3 N–H and O–H groups in total. The molecule has 2 aromatic rings. The van der Waals surface area contributed by atoms with Crippen LogP contribution in [0.2, 0.25) is 0 Å². The molecule has 2 rings (SSSR count). The zero-order valence-electron chi connectivity index (χ0n) is 9.49. The minimum atomic E-state index is 0.762. The molecule has 3 nitrogen and oxygen atoms in total. The summed E-state index contributed by atoms with van der Waals surface area (Å²) in [5.41, 5.74) is 6.59. The lowest BCUT2D eigenvalue weighted by Gasteiger charge is -1.95. The van der Waals surface area contributed by atoms with Gasteiger partial charge in [-0.05, 0) is 38.4 Å². The van der Waals surface area contributed by atoms with E-state index < -0.39 is 0 Å². The number of aryl methyl sites for hydroxylation is 2. The van der Waals surface area contributed by atoms with Crippen molar-refractivity contribution in [2.24, 2.45) is 5.73 Å². The first kappa shape index (κ1) is 11.4. The van der Waals surface area contributed by atoms with Crippen LogP contribution >= 0.6 is 11.3 Å². The van der Waals surface area contributed by atoms with Crippen molar-refractivity contribution in [2.45, 2.75) is 26.2 Å². The van der Waals surface area contributed by atoms with Gasteiger partial charge in [0.1, 0.15) is 5.82 Å². The Kier molecular flexibility index (Phi) is 3.74. The Bertz CT molecular complexity index is 445. The van der Waals surface area contributed by atoms with Gasteiger partial charge < -0.3 is 10.7 Å². The number of nitrogens with two attached hydrogens (primary N) is 1. The van der Waals surface area contributed by atoms with Crippen LogP contribution < -0.4 is 5.73 Å². The molecule has 0 aliphatic carbocycles. The van der Waals surface area contributed by atoms with Crippen molar-refractivity contribution in [2.75, 3.05) is 6.54 Å². The van der Waals surface area contributed by atoms with Gasteiger partial charge in [0, 0.05) is 11.3 Å². The van der Waals surface area contributed by atoms with Gasteiger partial charge in [0.05, 0.1) is 16.8 Å². The maximum atomic E-state index is 5.46. The summed E-state index contributed by atoms with van der Waals surface area (Å²) in [6.07, 6.45) is 5.08. The molecule has 0 amide bonds. The summed E-state index contributed by atoms with van der Waals surface area (Å²) in [6, 6.07) is 4.27. The Hall–Kier alpha value is -1.13. The van der Waals surface area contributed by atoms with Gasteiger partial charge in [0.15, 0.2) is 0 Å². The zero-order valence-corrected chi connectivity index (χ0v) is 10.3. The van der Waals surface area contributed by atoms with E-state index in [4.69, 9.17) is 5.73 Å². The van der Waals surface area contributed by atoms with Crippen LogP contribution in [0.5, 0.6) is 0 Å². The first-order valence-corrected chi connectivity index (χ1v) is 6.42. The number of unbranched alkanes of at least 4 members (excludes halogenated alkanes) is 1. The number of H-pyrrole nitrogens is 1. The standard InChI is InChI=1S/C12H17N3S/c1-9-5-6-11(16-9)10-8-14-12(15-10)4-2-3-7-13/h5-6,8H,2-4,7,13H2,1H3,(H,14,15). The van der Waals surface area contributed by atoms with Crippen LogP contribution in [0.3, 0.4) is 0 Å². The minimum absolute atomic E-state index is 0.762. The number of hydrogen-bond acceptors (Lipinski definition) is 3. The van der Waals surface area contributed by atoms with Crippen LogP contribution in [0, 0.1) is 6.92 Å². The van der Waals surface area contributed by atoms with Crippen molar-refractivity contribution in [1.82, 2.24) is 9.97 Å². The second-order valence-electron chi connectivity index (χ2n) is 3.90. The average molecular weight is 235 g/mol. The van der Waals surface area contributed by atoms with Gasteiger partial charge in [-0.1, -0.05) is 0 Å². The Labute approximate surface area is 99.7 Å². The minimum Gasteiger partial charge on any atom is -0.341 e. The number of nitrogens with zero attached hydrogens (tertiary/aromatic N) is 1. The van der Waals surface area contributed by atoms with E-state index in [1.165, 1.54) is 9.75 Å². The van der Waals surface area contributed by atoms with Crippen molar-refractivity contribution in [1.29, 1.82) is 0 Å². The quantitative estimate of drug-likeness (QED) is 0.783. The third kappa shape index (κ3) is 2.71. The molecule has 4 heteroatoms. The molecule has 0 aliphatic rings. The van der Waals surface area contributed by atoms with Crippen LogP contribution in [0.1, 0.15) is 23.5 Å². The number of nitrogens with one attached hydrogen (secondary N) is 1. The van der Waals surface area contributed by atoms with E-state index in [9.17, 15) is 0 Å². The zero-order chi connectivity index (χ0) is 11.4. The fourth-order valence-corrected chi connectivity index (χ4v) is 2.46. The van der Waals surface area contributed by atoms with Crippen molar-refractivity contribution >= 4 is 11.3 Å². The lowest BCUT2D eigenvalue weighted by molar-refractivity contribution is 0.723. The predicted molar refractivity (Wildman–Crippen MR) is 68.6 cm³/mol. The van der Waals surface area contributed by atoms with Crippen molar-refractivity contribution in [3.05, 3.63) is 29.0 Å². The molecule has 0 radical (unpaired) electrons. The topological polar surface area (TPSA) is 54.7 Å². The molecule has 2 aromatic heterocycles. The molecule has 0 saturated carbocycles. The number of aromatic nitrogens is 2. The Morgan fingerprint density at radius 2 is 2.25 bits per heavy atom. The number of hydrogen-bond donors (Lipinski definition) is 2. The molecular weight excluding hydrogens is 218 g/mol. The number of imidazole rings is 1. The second-order valence-corrected chi connectivity index (χ2v) is 5.19. The molecule has 0 unspecified atom stereocenters. The number of aromatic amines is 1. The average Bonchev–Trinajstić information content (AvgIpc) is 2.87. The summed E-state index contributed by atoms with van der Waals surface area (Å²) in [5.74, 6) is 1.06. The molecule has 0 aromatic carbocycles. The fraction of sp³-hybridized carbons (Fsp3) is 0.417. The molecular formula is C12H17N3S. The Balaban J connectivity index is 2.02. The summed E-state index contributed by atoms with van der Waals surface area (Å²) in [6.45, 7) is 2.88. The smallest absolute Gasteiger partial charge is 0.106 e. The first-order chi connectivity index (χ1) is 7.79. The monoisotopic (exact) mass is 235 g/mol. The highest BCUT2D eigenvalue weighted by Gasteiger charge is 2.04. The Morgan fingerprint density at radius 3 is 2.94 bits per heavy atom. The largest absolute Gasteiger partial charge is 0.341 e. The highest BCUT2D eigenvalue weighted by atomic mass is 32.1. The van der Waals surface area contributed by atoms with Crippen LogP contribution in [-0.4, -0.2) is 16.5 Å². The predicted octanol–water partition coefficient (Wildman–Crippen LogP) is 2.73. The number of thiophene rings is 1. The molecule has 0 fully saturated rings. The van der Waals surface area contributed by atoms with Gasteiger partial charge in [-0.25, -0.2) is 4.98 Å². The summed E-state index contributed by atoms with van der Waals surface area (Å²) in [5, 5.41) is 0. The van der Waals surface area contributed by atoms with Gasteiger partial charge >= 0.3 is 0 Å². The molecule has 0 aliphatic heterocycles. The summed E-state index contributed by atoms with van der Waals surface area (Å²) < 4.78 is 0. The lowest BCUT2D eigenvalue weighted by atomic mass is 10.2. The summed E-state index contributed by atoms with van der Waals surface area (Å²) >= 11 is 1.79. The maximum absolute atomic E-state index is 5.46. The molecule has 16 heavy (non-hydrogen) atoms. The van der Waals surface area contributed by atoms with Crippen molar-refractivity contribution in [3.8, 4) is 10.6 Å². The maximum Gasteiger partial charge on any atom is 0.106 e. The normalized spacial score (nSPS) is 10.9. The van der Waals surface area contributed by atoms with E-state index in [2.05, 4.69) is 29.0 Å². The van der Waals surface area contributed by atoms with E-state index in [0.717, 1.165) is 37.3 Å². The molecule has 2 heterocycles. The molecule has 0 saturated heterocycles. The van der Waals surface area contributed by atoms with Crippen molar-refractivity contribution in [3.63, 3.8) is 0 Å². The van der Waals surface area contributed by atoms with Gasteiger partial charge in [-0.3, -0.25) is 0 Å². The summed E-state index contributed by atoms with van der Waals surface area (Å²) in [4.78, 5) is 10.3. The highest BCUT2D eigenvalue weighted by Crippen LogP contribution is 2.26. The highest BCUT2D eigenvalue weighted by molar-refractivity contribution is 7.15. The SMILES string of the molecule is Cc1ccc(-c2cnc(CCCCN)[nH]2)s1. The lowest BCUT2D eigenvalue weighted by Crippen LogP contribution is -1.99. The summed E-state index contributed by atoms with van der Waals surface area (Å²) in [7, 11) is 0. The van der Waals surface area contributed by atoms with Gasteiger partial charge in [0.25, 0.3) is 0 Å². The Morgan fingerprint density at radius 1 is 1.38 bits per heavy atom. The van der Waals surface area contributed by atoms with Crippen LogP contribution in [-0.2, 0) is 6.42 Å². The first-order valence-electron chi connectivity index (χ1n) is 5.60. The van der Waals surface area contributed by atoms with Crippen LogP contribution in [0.4, 0.5) is 0 Å².